The third-order valence-electron chi connectivity index (χ3n) is 6.17. The summed E-state index contributed by atoms with van der Waals surface area (Å²) in [4.78, 5) is 47.6. The van der Waals surface area contributed by atoms with Crippen LogP contribution >= 0.6 is 0 Å². The topological polar surface area (TPSA) is 129 Å². The van der Waals surface area contributed by atoms with Crippen LogP contribution in [-0.4, -0.2) is 15.0 Å². The van der Waals surface area contributed by atoms with Crippen LogP contribution in [0.2, 0.25) is 0 Å². The van der Waals surface area contributed by atoms with Crippen LogP contribution in [0.3, 0.4) is 0 Å². The number of para-hydroxylation sites is 3. The van der Waals surface area contributed by atoms with Gasteiger partial charge in [0.2, 0.25) is 0 Å². The number of unbranched alkanes of at least 4 members (excludes halogenated alkanes) is 3. The third-order valence-corrected chi connectivity index (χ3v) is 6.17. The lowest BCUT2D eigenvalue weighted by molar-refractivity contribution is 0.424. The minimum Gasteiger partial charge on any atom is -0.411 e. The second kappa shape index (κ2) is 12.1. The van der Waals surface area contributed by atoms with Gasteiger partial charge in [-0.05, 0) is 49.2 Å². The van der Waals surface area contributed by atoms with Crippen LogP contribution in [0.4, 0.5) is 0 Å². The molecule has 0 N–H and O–H groups in total. The van der Waals surface area contributed by atoms with Gasteiger partial charge in [-0.15, -0.1) is 0 Å². The molecule has 0 atom stereocenters. The van der Waals surface area contributed by atoms with Crippen LogP contribution in [-0.2, 0) is 12.8 Å². The molecule has 196 valence electrons. The molecular formula is C30H25N3O6. The van der Waals surface area contributed by atoms with E-state index >= 15 is 0 Å². The lowest BCUT2D eigenvalue weighted by Gasteiger charge is -2.03. The van der Waals surface area contributed by atoms with Crippen molar-refractivity contribution in [3.63, 3.8) is 0 Å². The van der Waals surface area contributed by atoms with Gasteiger partial charge in [0, 0.05) is 12.8 Å². The van der Waals surface area contributed by atoms with Crippen molar-refractivity contribution in [2.75, 3.05) is 0 Å². The zero-order chi connectivity index (χ0) is 27.0. The van der Waals surface area contributed by atoms with Gasteiger partial charge in [0.15, 0.2) is 18.2 Å². The summed E-state index contributed by atoms with van der Waals surface area (Å²) >= 11 is 0. The van der Waals surface area contributed by atoms with Crippen molar-refractivity contribution in [1.82, 2.24) is 15.0 Å². The molecule has 39 heavy (non-hydrogen) atoms. The van der Waals surface area contributed by atoms with Crippen molar-refractivity contribution in [1.29, 1.82) is 0 Å². The number of hydrogen-bond acceptors (Lipinski definition) is 9. The van der Waals surface area contributed by atoms with Gasteiger partial charge in [0.25, 0.3) is 0 Å². The second-order valence-corrected chi connectivity index (χ2v) is 8.90. The number of hydrogen-bond donors (Lipinski definition) is 0. The van der Waals surface area contributed by atoms with Crippen molar-refractivity contribution in [2.24, 2.45) is 0 Å². The Morgan fingerprint density at radius 2 is 0.949 bits per heavy atom. The summed E-state index contributed by atoms with van der Waals surface area (Å²) in [7, 11) is 0. The van der Waals surface area contributed by atoms with Crippen molar-refractivity contribution in [3.8, 4) is 0 Å². The molecule has 0 unspecified atom stereocenters. The van der Waals surface area contributed by atoms with E-state index < -0.39 is 0 Å². The Kier molecular flexibility index (Phi) is 7.97. The molecule has 6 rings (SSSR count). The third kappa shape index (κ3) is 6.32. The standard InChI is InChI=1S/C22H20N2O4.C8H5NO2/c25-21-15-9-5-7-11-17(15)23-19(27-21)13-3-1-2-4-14-20-24-18-12-8-6-10-16(18)22(26)28-20;10-8-6-3-1-2-4-7(6)9-5-11-8/h5-12H,1-4,13-14H2;1-5H. The van der Waals surface area contributed by atoms with Crippen LogP contribution in [0.25, 0.3) is 32.7 Å². The predicted octanol–water partition coefficient (Wildman–Crippen LogP) is 5.22. The molecule has 0 radical (unpaired) electrons. The molecule has 0 aliphatic carbocycles. The molecule has 0 spiro atoms. The van der Waals surface area contributed by atoms with Crippen LogP contribution in [0.1, 0.15) is 37.5 Å². The van der Waals surface area contributed by atoms with E-state index in [0.717, 1.165) is 32.1 Å². The molecular weight excluding hydrogens is 498 g/mol. The summed E-state index contributed by atoms with van der Waals surface area (Å²) in [6, 6.07) is 21.5. The van der Waals surface area contributed by atoms with Gasteiger partial charge < -0.3 is 13.3 Å². The van der Waals surface area contributed by atoms with Gasteiger partial charge >= 0.3 is 16.9 Å². The molecule has 3 aromatic heterocycles. The molecule has 0 bridgehead atoms. The molecule has 0 saturated heterocycles. The minimum atomic E-state index is -0.337. The Labute approximate surface area is 221 Å². The second-order valence-electron chi connectivity index (χ2n) is 8.90. The Morgan fingerprint density at radius 1 is 0.513 bits per heavy atom. The summed E-state index contributed by atoms with van der Waals surface area (Å²) < 4.78 is 15.2. The van der Waals surface area contributed by atoms with Gasteiger partial charge in [0.05, 0.1) is 32.7 Å². The first-order chi connectivity index (χ1) is 19.1. The molecule has 0 aliphatic heterocycles. The summed E-state index contributed by atoms with van der Waals surface area (Å²) in [5, 5.41) is 1.54. The number of nitrogens with zero attached hydrogens (tertiary/aromatic N) is 3. The predicted molar refractivity (Wildman–Crippen MR) is 147 cm³/mol. The summed E-state index contributed by atoms with van der Waals surface area (Å²) in [6.07, 6.45) is 6.11. The lowest BCUT2D eigenvalue weighted by atomic mass is 10.1. The van der Waals surface area contributed by atoms with E-state index in [2.05, 4.69) is 19.4 Å². The quantitative estimate of drug-likeness (QED) is 0.258. The minimum absolute atomic E-state index is 0.335. The van der Waals surface area contributed by atoms with E-state index in [1.165, 1.54) is 0 Å². The first-order valence-electron chi connectivity index (χ1n) is 12.7. The average molecular weight is 524 g/mol. The number of fused-ring (bicyclic) bond motifs is 3. The first kappa shape index (κ1) is 25.7. The Bertz CT molecular complexity index is 1810. The van der Waals surface area contributed by atoms with Crippen molar-refractivity contribution >= 4 is 32.7 Å². The van der Waals surface area contributed by atoms with Crippen LogP contribution in [0.15, 0.2) is 107 Å². The summed E-state index contributed by atoms with van der Waals surface area (Å²) in [6.45, 7) is 0. The maximum atomic E-state index is 12.0. The SMILES string of the molecule is O=c1oc(CCCCCCc2nc3ccccc3c(=O)o2)nc2ccccc12.O=c1ocnc2ccccc12. The zero-order valence-corrected chi connectivity index (χ0v) is 21.0. The highest BCUT2D eigenvalue weighted by molar-refractivity contribution is 5.77. The molecule has 0 amide bonds. The number of benzene rings is 3. The van der Waals surface area contributed by atoms with Gasteiger partial charge in [-0.1, -0.05) is 49.2 Å². The van der Waals surface area contributed by atoms with Crippen molar-refractivity contribution < 1.29 is 13.3 Å². The Hall–Kier alpha value is -4.92. The molecule has 0 saturated carbocycles. The number of aromatic nitrogens is 3. The highest BCUT2D eigenvalue weighted by Crippen LogP contribution is 2.13. The first-order valence-corrected chi connectivity index (χ1v) is 12.7. The number of aryl methyl sites for hydroxylation is 2. The average Bonchev–Trinajstić information content (AvgIpc) is 2.96. The van der Waals surface area contributed by atoms with Gasteiger partial charge in [0.1, 0.15) is 0 Å². The van der Waals surface area contributed by atoms with E-state index in [1.807, 2.05) is 30.3 Å². The molecule has 3 aromatic carbocycles. The molecule has 9 nitrogen and oxygen atoms in total. The van der Waals surface area contributed by atoms with Crippen LogP contribution in [0, 0.1) is 0 Å². The van der Waals surface area contributed by atoms with E-state index in [1.54, 1.807) is 42.5 Å². The fourth-order valence-corrected chi connectivity index (χ4v) is 4.20. The molecule has 6 aromatic rings. The van der Waals surface area contributed by atoms with Gasteiger partial charge in [-0.25, -0.2) is 29.3 Å². The van der Waals surface area contributed by atoms with E-state index in [0.29, 0.717) is 57.3 Å². The normalized spacial score (nSPS) is 11.0. The van der Waals surface area contributed by atoms with E-state index in [4.69, 9.17) is 8.83 Å². The fraction of sp³-hybridized carbons (Fsp3) is 0.200. The highest BCUT2D eigenvalue weighted by Gasteiger charge is 2.07. The van der Waals surface area contributed by atoms with Gasteiger partial charge in [-0.2, -0.15) is 0 Å². The van der Waals surface area contributed by atoms with E-state index in [9.17, 15) is 14.4 Å². The van der Waals surface area contributed by atoms with Crippen LogP contribution in [0.5, 0.6) is 0 Å². The van der Waals surface area contributed by atoms with Crippen LogP contribution < -0.4 is 16.9 Å². The van der Waals surface area contributed by atoms with Gasteiger partial charge in [-0.3, -0.25) is 0 Å². The molecule has 3 heterocycles. The maximum Gasteiger partial charge on any atom is 0.346 e. The molecule has 9 heteroatoms. The monoisotopic (exact) mass is 523 g/mol. The Balaban J connectivity index is 0.000000233. The zero-order valence-electron chi connectivity index (χ0n) is 21.0. The van der Waals surface area contributed by atoms with Crippen molar-refractivity contribution in [3.05, 3.63) is 122 Å². The molecule has 0 aliphatic rings. The largest absolute Gasteiger partial charge is 0.411 e. The fourth-order valence-electron chi connectivity index (χ4n) is 4.20. The van der Waals surface area contributed by atoms with Crippen molar-refractivity contribution in [2.45, 2.75) is 38.5 Å². The highest BCUT2D eigenvalue weighted by atomic mass is 16.4. The summed E-state index contributed by atoms with van der Waals surface area (Å²) in [5.41, 5.74) is 1.01. The number of rotatable bonds is 7. The maximum absolute atomic E-state index is 12.0. The molecule has 0 fully saturated rings. The Morgan fingerprint density at radius 3 is 1.44 bits per heavy atom. The lowest BCUT2D eigenvalue weighted by Crippen LogP contribution is -2.05. The smallest absolute Gasteiger partial charge is 0.346 e. The van der Waals surface area contributed by atoms with E-state index in [-0.39, 0.29) is 16.9 Å². The summed E-state index contributed by atoms with van der Waals surface area (Å²) in [5.74, 6) is 0.955.